The summed E-state index contributed by atoms with van der Waals surface area (Å²) in [7, 11) is 0. The largest absolute Gasteiger partial charge is 0.318 e. The fraction of sp³-hybridized carbons (Fsp3) is 0.333. The molecule has 0 spiro atoms. The Balaban J connectivity index is 1.45. The zero-order valence-corrected chi connectivity index (χ0v) is 13.4. The third kappa shape index (κ3) is 2.89. The van der Waals surface area contributed by atoms with Crippen LogP contribution >= 0.6 is 11.3 Å². The highest BCUT2D eigenvalue weighted by molar-refractivity contribution is 7.13. The molecule has 3 heterocycles. The number of carbonyl (C=O) groups excluding carboxylic acids is 1. The fourth-order valence-corrected chi connectivity index (χ4v) is 3.28. The van der Waals surface area contributed by atoms with Gasteiger partial charge in [-0.3, -0.25) is 14.6 Å². The molecule has 1 fully saturated rings. The lowest BCUT2D eigenvalue weighted by molar-refractivity contribution is 0.102. The molecule has 3 aromatic rings. The van der Waals surface area contributed by atoms with Crippen molar-refractivity contribution in [2.24, 2.45) is 5.92 Å². The summed E-state index contributed by atoms with van der Waals surface area (Å²) in [5, 5.41) is 16.3. The molecular weight excluding hydrogens is 312 g/mol. The SMILES string of the molecule is C[C@H](C1CC1)n1cc(NC(=O)c2csc(-c3cn[nH]c3)n2)cn1. The highest BCUT2D eigenvalue weighted by atomic mass is 32.1. The minimum absolute atomic E-state index is 0.227. The molecule has 2 N–H and O–H groups in total. The van der Waals surface area contributed by atoms with Crippen LogP contribution < -0.4 is 5.32 Å². The van der Waals surface area contributed by atoms with Crippen molar-refractivity contribution in [3.8, 4) is 10.6 Å². The summed E-state index contributed by atoms with van der Waals surface area (Å²) in [6.07, 6.45) is 9.52. The minimum Gasteiger partial charge on any atom is -0.318 e. The maximum Gasteiger partial charge on any atom is 0.275 e. The topological polar surface area (TPSA) is 88.5 Å². The van der Waals surface area contributed by atoms with Gasteiger partial charge in [0.25, 0.3) is 5.91 Å². The molecule has 1 aliphatic rings. The van der Waals surface area contributed by atoms with E-state index in [4.69, 9.17) is 0 Å². The van der Waals surface area contributed by atoms with E-state index in [0.717, 1.165) is 16.5 Å². The normalized spacial score (nSPS) is 15.5. The van der Waals surface area contributed by atoms with E-state index < -0.39 is 0 Å². The first-order valence-electron chi connectivity index (χ1n) is 7.51. The van der Waals surface area contributed by atoms with Gasteiger partial charge in [0.2, 0.25) is 0 Å². The molecule has 0 radical (unpaired) electrons. The Kier molecular flexibility index (Phi) is 3.45. The summed E-state index contributed by atoms with van der Waals surface area (Å²) in [5.41, 5.74) is 1.97. The zero-order chi connectivity index (χ0) is 15.8. The summed E-state index contributed by atoms with van der Waals surface area (Å²) >= 11 is 1.42. The molecule has 0 aromatic carbocycles. The third-order valence-electron chi connectivity index (χ3n) is 4.06. The van der Waals surface area contributed by atoms with Gasteiger partial charge in [0.1, 0.15) is 10.7 Å². The lowest BCUT2D eigenvalue weighted by Crippen LogP contribution is -2.12. The van der Waals surface area contributed by atoms with E-state index in [1.54, 1.807) is 24.0 Å². The molecule has 0 bridgehead atoms. The van der Waals surface area contributed by atoms with Crippen LogP contribution in [0.3, 0.4) is 0 Å². The molecule has 0 aliphatic heterocycles. The lowest BCUT2D eigenvalue weighted by atomic mass is 10.2. The van der Waals surface area contributed by atoms with Crippen molar-refractivity contribution in [1.29, 1.82) is 0 Å². The number of aromatic nitrogens is 5. The van der Waals surface area contributed by atoms with Gasteiger partial charge in [0.05, 0.1) is 24.1 Å². The predicted octanol–water partition coefficient (Wildman–Crippen LogP) is 2.95. The molecule has 118 valence electrons. The Morgan fingerprint density at radius 2 is 2.35 bits per heavy atom. The highest BCUT2D eigenvalue weighted by Gasteiger charge is 2.29. The molecule has 0 unspecified atom stereocenters. The number of anilines is 1. The van der Waals surface area contributed by atoms with Crippen LogP contribution in [-0.2, 0) is 0 Å². The van der Waals surface area contributed by atoms with Gasteiger partial charge in [0, 0.05) is 23.3 Å². The van der Waals surface area contributed by atoms with Gasteiger partial charge in [0.15, 0.2) is 0 Å². The van der Waals surface area contributed by atoms with Crippen molar-refractivity contribution in [2.75, 3.05) is 5.32 Å². The smallest absolute Gasteiger partial charge is 0.275 e. The number of hydrogen-bond acceptors (Lipinski definition) is 5. The maximum absolute atomic E-state index is 12.3. The van der Waals surface area contributed by atoms with Crippen molar-refractivity contribution in [2.45, 2.75) is 25.8 Å². The van der Waals surface area contributed by atoms with Crippen LogP contribution in [-0.4, -0.2) is 30.9 Å². The van der Waals surface area contributed by atoms with Crippen molar-refractivity contribution in [3.05, 3.63) is 35.9 Å². The van der Waals surface area contributed by atoms with Crippen LogP contribution in [0, 0.1) is 5.92 Å². The number of rotatable bonds is 5. The Morgan fingerprint density at radius 1 is 1.48 bits per heavy atom. The molecule has 1 atom stereocenters. The number of nitrogens with zero attached hydrogens (tertiary/aromatic N) is 4. The van der Waals surface area contributed by atoms with E-state index >= 15 is 0 Å². The fourth-order valence-electron chi connectivity index (χ4n) is 2.49. The Hall–Kier alpha value is -2.48. The second-order valence-electron chi connectivity index (χ2n) is 5.77. The second kappa shape index (κ2) is 5.62. The number of H-pyrrole nitrogens is 1. The van der Waals surface area contributed by atoms with E-state index in [-0.39, 0.29) is 5.91 Å². The van der Waals surface area contributed by atoms with Crippen molar-refractivity contribution >= 4 is 22.9 Å². The lowest BCUT2D eigenvalue weighted by Gasteiger charge is -2.09. The maximum atomic E-state index is 12.3. The van der Waals surface area contributed by atoms with E-state index in [2.05, 4.69) is 32.5 Å². The summed E-state index contributed by atoms with van der Waals surface area (Å²) in [6.45, 7) is 2.16. The number of hydrogen-bond donors (Lipinski definition) is 2. The molecule has 1 saturated carbocycles. The van der Waals surface area contributed by atoms with E-state index in [1.807, 2.05) is 10.9 Å². The Labute approximate surface area is 136 Å². The number of thiazole rings is 1. The van der Waals surface area contributed by atoms with Crippen LogP contribution in [0.25, 0.3) is 10.6 Å². The van der Waals surface area contributed by atoms with E-state index in [9.17, 15) is 4.79 Å². The van der Waals surface area contributed by atoms with E-state index in [0.29, 0.717) is 17.4 Å². The van der Waals surface area contributed by atoms with Gasteiger partial charge in [-0.1, -0.05) is 0 Å². The van der Waals surface area contributed by atoms with E-state index in [1.165, 1.54) is 24.2 Å². The van der Waals surface area contributed by atoms with Crippen LogP contribution in [0.15, 0.2) is 30.2 Å². The van der Waals surface area contributed by atoms with Crippen molar-refractivity contribution in [3.63, 3.8) is 0 Å². The molecular formula is C15H16N6OS. The van der Waals surface area contributed by atoms with Crippen LogP contribution in [0.1, 0.15) is 36.3 Å². The molecule has 8 heteroatoms. The quantitative estimate of drug-likeness (QED) is 0.753. The zero-order valence-electron chi connectivity index (χ0n) is 12.6. The van der Waals surface area contributed by atoms with Gasteiger partial charge in [-0.15, -0.1) is 11.3 Å². The molecule has 3 aromatic heterocycles. The summed E-state index contributed by atoms with van der Waals surface area (Å²) < 4.78 is 1.92. The number of amides is 1. The number of nitrogens with one attached hydrogen (secondary N) is 2. The van der Waals surface area contributed by atoms with Crippen molar-refractivity contribution < 1.29 is 4.79 Å². The summed E-state index contributed by atoms with van der Waals surface area (Å²) in [5.74, 6) is 0.490. The molecule has 23 heavy (non-hydrogen) atoms. The van der Waals surface area contributed by atoms with Gasteiger partial charge in [-0.05, 0) is 25.7 Å². The molecule has 1 aliphatic carbocycles. The average Bonchev–Trinajstić information content (AvgIpc) is 3.01. The molecule has 0 saturated heterocycles. The molecule has 7 nitrogen and oxygen atoms in total. The molecule has 1 amide bonds. The first kappa shape index (κ1) is 14.1. The number of aromatic amines is 1. The van der Waals surface area contributed by atoms with Gasteiger partial charge < -0.3 is 5.32 Å². The van der Waals surface area contributed by atoms with Gasteiger partial charge in [-0.2, -0.15) is 10.2 Å². The van der Waals surface area contributed by atoms with Gasteiger partial charge >= 0.3 is 0 Å². The number of carbonyl (C=O) groups is 1. The van der Waals surface area contributed by atoms with Crippen LogP contribution in [0.2, 0.25) is 0 Å². The summed E-state index contributed by atoms with van der Waals surface area (Å²) in [4.78, 5) is 16.6. The van der Waals surface area contributed by atoms with Crippen LogP contribution in [0.5, 0.6) is 0 Å². The van der Waals surface area contributed by atoms with Crippen molar-refractivity contribution in [1.82, 2.24) is 25.0 Å². The van der Waals surface area contributed by atoms with Gasteiger partial charge in [-0.25, -0.2) is 4.98 Å². The first-order valence-corrected chi connectivity index (χ1v) is 8.39. The average molecular weight is 328 g/mol. The summed E-state index contributed by atoms with van der Waals surface area (Å²) in [6, 6.07) is 0.382. The molecule has 4 rings (SSSR count). The van der Waals surface area contributed by atoms with Crippen LogP contribution in [0.4, 0.5) is 5.69 Å². The Bertz CT molecular complexity index is 817. The first-order chi connectivity index (χ1) is 11.2. The second-order valence-corrected chi connectivity index (χ2v) is 6.62. The minimum atomic E-state index is -0.227. The Morgan fingerprint density at radius 3 is 3.09 bits per heavy atom. The predicted molar refractivity (Wildman–Crippen MR) is 87.3 cm³/mol. The monoisotopic (exact) mass is 328 g/mol. The highest BCUT2D eigenvalue weighted by Crippen LogP contribution is 2.39. The third-order valence-corrected chi connectivity index (χ3v) is 4.95. The standard InChI is InChI=1S/C15H16N6OS/c1-9(10-2-3-10)21-7-12(6-18-21)19-14(22)13-8-23-15(20-13)11-4-16-17-5-11/h4-10H,2-3H2,1H3,(H,16,17)(H,19,22)/t9-/m1/s1.